The van der Waals surface area contributed by atoms with Crippen LogP contribution >= 0.6 is 0 Å². The topological polar surface area (TPSA) is 18.5 Å². The summed E-state index contributed by atoms with van der Waals surface area (Å²) in [5.74, 6) is 0. The first-order valence-electron chi connectivity index (χ1n) is 3.05. The van der Waals surface area contributed by atoms with Gasteiger partial charge in [-0.3, -0.25) is 0 Å². The molecule has 0 radical (unpaired) electrons. The van der Waals surface area contributed by atoms with Crippen LogP contribution in [-0.2, 0) is 9.47 Å². The molecule has 56 valence electrons. The van der Waals surface area contributed by atoms with Crippen molar-refractivity contribution in [2.24, 2.45) is 0 Å². The maximum Gasteiger partial charge on any atom is 0.0908 e. The summed E-state index contributed by atoms with van der Waals surface area (Å²) in [6.07, 6.45) is 7.47. The van der Waals surface area contributed by atoms with Gasteiger partial charge in [-0.05, 0) is 6.08 Å². The van der Waals surface area contributed by atoms with Crippen LogP contribution in [0.4, 0.5) is 0 Å². The predicted molar refractivity (Wildman–Crippen MR) is 41.2 cm³/mol. The van der Waals surface area contributed by atoms with Crippen LogP contribution in [0.25, 0.3) is 0 Å². The Bertz CT molecular complexity index is 104. The smallest absolute Gasteiger partial charge is 0.0908 e. The van der Waals surface area contributed by atoms with Gasteiger partial charge in [-0.1, -0.05) is 13.2 Å². The first kappa shape index (κ1) is 8.82. The Morgan fingerprint density at radius 1 is 1.40 bits per heavy atom. The number of ether oxygens (including phenoxy) is 2. The molecule has 0 aromatic carbocycles. The highest BCUT2D eigenvalue weighted by atomic mass is 16.5. The molecular formula is C8H12O2. The predicted octanol–water partition coefficient (Wildman–Crippen LogP) is 2.21. The SMILES string of the molecule is C1=COCC1.C=COC=C. The molecule has 1 aliphatic rings. The lowest BCUT2D eigenvalue weighted by molar-refractivity contribution is 0.281. The second-order valence-electron chi connectivity index (χ2n) is 1.50. The van der Waals surface area contributed by atoms with Gasteiger partial charge in [0, 0.05) is 6.42 Å². The third-order valence-electron chi connectivity index (χ3n) is 0.787. The maximum absolute atomic E-state index is 4.76. The second kappa shape index (κ2) is 7.82. The molecular weight excluding hydrogens is 128 g/mol. The van der Waals surface area contributed by atoms with Crippen molar-refractivity contribution in [1.29, 1.82) is 0 Å². The molecule has 0 unspecified atom stereocenters. The molecule has 0 saturated heterocycles. The van der Waals surface area contributed by atoms with Crippen molar-refractivity contribution in [1.82, 2.24) is 0 Å². The summed E-state index contributed by atoms with van der Waals surface area (Å²) in [6, 6.07) is 0. The minimum Gasteiger partial charge on any atom is -0.501 e. The minimum absolute atomic E-state index is 0.889. The van der Waals surface area contributed by atoms with Crippen molar-refractivity contribution >= 4 is 0 Å². The summed E-state index contributed by atoms with van der Waals surface area (Å²) >= 11 is 0. The van der Waals surface area contributed by atoms with Gasteiger partial charge in [0.15, 0.2) is 0 Å². The summed E-state index contributed by atoms with van der Waals surface area (Å²) < 4.78 is 9.12. The highest BCUT2D eigenvalue weighted by Gasteiger charge is 1.83. The van der Waals surface area contributed by atoms with E-state index in [1.54, 1.807) is 6.26 Å². The first-order valence-corrected chi connectivity index (χ1v) is 3.05. The van der Waals surface area contributed by atoms with Crippen LogP contribution in [0.15, 0.2) is 38.0 Å². The minimum atomic E-state index is 0.889. The molecule has 0 saturated carbocycles. The van der Waals surface area contributed by atoms with E-state index < -0.39 is 0 Å². The molecule has 0 bridgehead atoms. The van der Waals surface area contributed by atoms with Crippen molar-refractivity contribution in [2.75, 3.05) is 6.61 Å². The van der Waals surface area contributed by atoms with Crippen molar-refractivity contribution in [2.45, 2.75) is 6.42 Å². The van der Waals surface area contributed by atoms with Gasteiger partial charge in [0.25, 0.3) is 0 Å². The zero-order valence-electron chi connectivity index (χ0n) is 5.95. The Morgan fingerprint density at radius 3 is 2.20 bits per heavy atom. The lowest BCUT2D eigenvalue weighted by Gasteiger charge is -1.79. The summed E-state index contributed by atoms with van der Waals surface area (Å²) in [4.78, 5) is 0. The molecule has 0 atom stereocenters. The average Bonchev–Trinajstić information content (AvgIpc) is 2.44. The van der Waals surface area contributed by atoms with E-state index in [0.29, 0.717) is 0 Å². The van der Waals surface area contributed by atoms with Gasteiger partial charge in [0.05, 0.1) is 25.4 Å². The van der Waals surface area contributed by atoms with E-state index >= 15 is 0 Å². The fourth-order valence-electron chi connectivity index (χ4n) is 0.408. The molecule has 1 heterocycles. The van der Waals surface area contributed by atoms with Crippen LogP contribution in [0.1, 0.15) is 6.42 Å². The molecule has 0 aromatic rings. The Balaban J connectivity index is 0.000000162. The first-order chi connectivity index (χ1) is 4.91. The van der Waals surface area contributed by atoms with Gasteiger partial charge in [0.1, 0.15) is 0 Å². The van der Waals surface area contributed by atoms with Crippen molar-refractivity contribution in [3.8, 4) is 0 Å². The third-order valence-corrected chi connectivity index (χ3v) is 0.787. The van der Waals surface area contributed by atoms with Crippen LogP contribution in [0, 0.1) is 0 Å². The molecule has 0 amide bonds. The van der Waals surface area contributed by atoms with Gasteiger partial charge >= 0.3 is 0 Å². The zero-order chi connectivity index (χ0) is 7.66. The van der Waals surface area contributed by atoms with E-state index in [-0.39, 0.29) is 0 Å². The fourth-order valence-corrected chi connectivity index (χ4v) is 0.408. The second-order valence-corrected chi connectivity index (χ2v) is 1.50. The Kier molecular flexibility index (Phi) is 6.90. The molecule has 10 heavy (non-hydrogen) atoms. The number of hydrogen-bond donors (Lipinski definition) is 0. The van der Waals surface area contributed by atoms with Crippen LogP contribution in [0.3, 0.4) is 0 Å². The quantitative estimate of drug-likeness (QED) is 0.547. The van der Waals surface area contributed by atoms with Crippen molar-refractivity contribution in [3.05, 3.63) is 38.0 Å². The van der Waals surface area contributed by atoms with Crippen LogP contribution in [0.2, 0.25) is 0 Å². The third kappa shape index (κ3) is 6.82. The zero-order valence-corrected chi connectivity index (χ0v) is 5.95. The van der Waals surface area contributed by atoms with Crippen molar-refractivity contribution in [3.63, 3.8) is 0 Å². The summed E-state index contributed by atoms with van der Waals surface area (Å²) in [7, 11) is 0. The summed E-state index contributed by atoms with van der Waals surface area (Å²) in [5.41, 5.74) is 0. The van der Waals surface area contributed by atoms with E-state index in [4.69, 9.17) is 4.74 Å². The molecule has 0 aromatic heterocycles. The normalized spacial score (nSPS) is 12.4. The number of rotatable bonds is 2. The highest BCUT2D eigenvalue weighted by Crippen LogP contribution is 1.93. The van der Waals surface area contributed by atoms with Gasteiger partial charge in [0.2, 0.25) is 0 Å². The molecule has 0 aliphatic carbocycles. The average molecular weight is 140 g/mol. The van der Waals surface area contributed by atoms with E-state index in [2.05, 4.69) is 17.9 Å². The molecule has 1 rings (SSSR count). The van der Waals surface area contributed by atoms with Gasteiger partial charge < -0.3 is 9.47 Å². The van der Waals surface area contributed by atoms with Gasteiger partial charge in [-0.25, -0.2) is 0 Å². The molecule has 1 aliphatic heterocycles. The summed E-state index contributed by atoms with van der Waals surface area (Å²) in [6.45, 7) is 7.40. The van der Waals surface area contributed by atoms with Gasteiger partial charge in [-0.2, -0.15) is 0 Å². The standard InChI is InChI=1S/2C4H6O/c1-2-4-5-3-1;1-3-5-4-2/h1,3H,2,4H2;3-4H,1-2H2. The Hall–Kier alpha value is -1.18. The van der Waals surface area contributed by atoms with Gasteiger partial charge in [-0.15, -0.1) is 0 Å². The molecule has 2 nitrogen and oxygen atoms in total. The Morgan fingerprint density at radius 2 is 2.10 bits per heavy atom. The molecule has 2 heteroatoms. The van der Waals surface area contributed by atoms with E-state index in [1.807, 2.05) is 6.08 Å². The van der Waals surface area contributed by atoms with E-state index in [0.717, 1.165) is 13.0 Å². The van der Waals surface area contributed by atoms with Crippen LogP contribution in [-0.4, -0.2) is 6.61 Å². The maximum atomic E-state index is 4.76. The Labute approximate surface area is 61.5 Å². The van der Waals surface area contributed by atoms with Crippen molar-refractivity contribution < 1.29 is 9.47 Å². The largest absolute Gasteiger partial charge is 0.501 e. The molecule has 0 fully saturated rings. The molecule has 0 spiro atoms. The molecule has 0 N–H and O–H groups in total. The monoisotopic (exact) mass is 140 g/mol. The van der Waals surface area contributed by atoms with E-state index in [9.17, 15) is 0 Å². The number of hydrogen-bond acceptors (Lipinski definition) is 2. The lowest BCUT2D eigenvalue weighted by atomic mass is 10.5. The van der Waals surface area contributed by atoms with Crippen LogP contribution < -0.4 is 0 Å². The highest BCUT2D eigenvalue weighted by molar-refractivity contribution is 4.78. The van der Waals surface area contributed by atoms with E-state index in [1.165, 1.54) is 12.5 Å². The lowest BCUT2D eigenvalue weighted by Crippen LogP contribution is -1.70. The summed E-state index contributed by atoms with van der Waals surface area (Å²) in [5, 5.41) is 0. The fraction of sp³-hybridized carbons (Fsp3) is 0.250. The van der Waals surface area contributed by atoms with Crippen LogP contribution in [0.5, 0.6) is 0 Å².